The first-order valence-electron chi connectivity index (χ1n) is 5.58. The van der Waals surface area contributed by atoms with Crippen LogP contribution in [0.3, 0.4) is 0 Å². The van der Waals surface area contributed by atoms with E-state index in [9.17, 15) is 0 Å². The van der Waals surface area contributed by atoms with Crippen LogP contribution in [0.4, 0.5) is 0 Å². The molecule has 94 valence electrons. The molecule has 4 nitrogen and oxygen atoms in total. The summed E-state index contributed by atoms with van der Waals surface area (Å²) in [5.74, 6) is 0.757. The topological polar surface area (TPSA) is 44.2 Å². The van der Waals surface area contributed by atoms with Crippen molar-refractivity contribution >= 4 is 38.4 Å². The smallest absolute Gasteiger partial charge is 0.140 e. The second-order valence-corrected chi connectivity index (χ2v) is 5.28. The second kappa shape index (κ2) is 4.99. The van der Waals surface area contributed by atoms with Crippen LogP contribution in [0.5, 0.6) is 5.75 Å². The third-order valence-electron chi connectivity index (χ3n) is 2.82. The number of halogens is 2. The Morgan fingerprint density at radius 1 is 1.39 bits per heavy atom. The van der Waals surface area contributed by atoms with Gasteiger partial charge in [0, 0.05) is 17.9 Å². The molecular formula is C12H10BrClN2O2. The van der Waals surface area contributed by atoms with E-state index in [1.807, 2.05) is 12.1 Å². The zero-order valence-electron chi connectivity index (χ0n) is 9.40. The normalized spacial score (nSPS) is 19.3. The number of benzene rings is 1. The van der Waals surface area contributed by atoms with Crippen LogP contribution in [-0.2, 0) is 4.74 Å². The fourth-order valence-electron chi connectivity index (χ4n) is 1.90. The average molecular weight is 330 g/mol. The maximum atomic E-state index is 6.02. The summed E-state index contributed by atoms with van der Waals surface area (Å²) in [6, 6.07) is 3.74. The van der Waals surface area contributed by atoms with Crippen molar-refractivity contribution in [1.29, 1.82) is 0 Å². The quantitative estimate of drug-likeness (QED) is 0.794. The highest BCUT2D eigenvalue weighted by atomic mass is 79.9. The Balaban J connectivity index is 1.99. The van der Waals surface area contributed by atoms with Crippen LogP contribution >= 0.6 is 27.5 Å². The van der Waals surface area contributed by atoms with Gasteiger partial charge in [-0.3, -0.25) is 0 Å². The van der Waals surface area contributed by atoms with Gasteiger partial charge in [-0.2, -0.15) is 0 Å². The lowest BCUT2D eigenvalue weighted by Gasteiger charge is -2.14. The Morgan fingerprint density at radius 3 is 3.06 bits per heavy atom. The number of rotatable bonds is 2. The number of nitrogens with zero attached hydrogens (tertiary/aromatic N) is 2. The summed E-state index contributed by atoms with van der Waals surface area (Å²) in [6.45, 7) is 1.39. The highest BCUT2D eigenvalue weighted by Gasteiger charge is 2.19. The van der Waals surface area contributed by atoms with Crippen LogP contribution in [0, 0.1) is 0 Å². The number of hydrogen-bond donors (Lipinski definition) is 0. The van der Waals surface area contributed by atoms with E-state index in [4.69, 9.17) is 21.1 Å². The van der Waals surface area contributed by atoms with Gasteiger partial charge in [0.25, 0.3) is 0 Å². The molecule has 2 aromatic rings. The van der Waals surface area contributed by atoms with E-state index in [0.29, 0.717) is 11.8 Å². The van der Waals surface area contributed by atoms with E-state index in [0.717, 1.165) is 34.2 Å². The van der Waals surface area contributed by atoms with Gasteiger partial charge in [0.1, 0.15) is 23.3 Å². The maximum absolute atomic E-state index is 6.02. The highest BCUT2D eigenvalue weighted by Crippen LogP contribution is 2.33. The highest BCUT2D eigenvalue weighted by molar-refractivity contribution is 9.10. The molecule has 0 unspecified atom stereocenters. The Labute approximate surface area is 117 Å². The monoisotopic (exact) mass is 328 g/mol. The molecule has 0 bridgehead atoms. The lowest BCUT2D eigenvalue weighted by atomic mass is 10.2. The lowest BCUT2D eigenvalue weighted by molar-refractivity contribution is 0.141. The molecule has 0 amide bonds. The van der Waals surface area contributed by atoms with Gasteiger partial charge in [0.2, 0.25) is 0 Å². The zero-order valence-corrected chi connectivity index (χ0v) is 11.7. The molecule has 0 saturated carbocycles. The Kier molecular flexibility index (Phi) is 3.37. The molecule has 0 spiro atoms. The minimum Gasteiger partial charge on any atom is -0.487 e. The molecule has 0 radical (unpaired) electrons. The summed E-state index contributed by atoms with van der Waals surface area (Å²) in [5.41, 5.74) is 0.770. The number of fused-ring (bicyclic) bond motifs is 1. The summed E-state index contributed by atoms with van der Waals surface area (Å²) >= 11 is 9.50. The largest absolute Gasteiger partial charge is 0.487 e. The van der Waals surface area contributed by atoms with Crippen LogP contribution in [0.1, 0.15) is 6.42 Å². The number of ether oxygens (including phenoxy) is 2. The molecule has 1 aromatic heterocycles. The molecule has 1 aromatic carbocycles. The van der Waals surface area contributed by atoms with E-state index < -0.39 is 0 Å². The predicted molar refractivity (Wildman–Crippen MR) is 72.1 cm³/mol. The molecule has 18 heavy (non-hydrogen) atoms. The first kappa shape index (κ1) is 12.1. The van der Waals surface area contributed by atoms with Crippen molar-refractivity contribution in [2.45, 2.75) is 12.5 Å². The van der Waals surface area contributed by atoms with Crippen molar-refractivity contribution in [2.24, 2.45) is 0 Å². The fourth-order valence-corrected chi connectivity index (χ4v) is 2.53. The summed E-state index contributed by atoms with van der Waals surface area (Å²) < 4.78 is 12.0. The molecule has 6 heteroatoms. The minimum atomic E-state index is 0.107. The van der Waals surface area contributed by atoms with E-state index in [1.165, 1.54) is 6.33 Å². The summed E-state index contributed by atoms with van der Waals surface area (Å²) in [7, 11) is 0. The molecule has 1 saturated heterocycles. The van der Waals surface area contributed by atoms with E-state index in [2.05, 4.69) is 25.9 Å². The van der Waals surface area contributed by atoms with E-state index in [1.54, 1.807) is 0 Å². The molecular weight excluding hydrogens is 320 g/mol. The van der Waals surface area contributed by atoms with Crippen molar-refractivity contribution in [3.8, 4) is 5.75 Å². The molecule has 1 aliphatic rings. The van der Waals surface area contributed by atoms with Gasteiger partial charge < -0.3 is 9.47 Å². The van der Waals surface area contributed by atoms with Gasteiger partial charge in [-0.15, -0.1) is 0 Å². The lowest BCUT2D eigenvalue weighted by Crippen LogP contribution is -2.15. The van der Waals surface area contributed by atoms with Crippen molar-refractivity contribution < 1.29 is 9.47 Å². The number of hydrogen-bond acceptors (Lipinski definition) is 4. The van der Waals surface area contributed by atoms with Gasteiger partial charge in [-0.25, -0.2) is 9.97 Å². The molecule has 0 N–H and O–H groups in total. The van der Waals surface area contributed by atoms with Gasteiger partial charge in [0.05, 0.1) is 23.2 Å². The van der Waals surface area contributed by atoms with Crippen molar-refractivity contribution in [1.82, 2.24) is 9.97 Å². The van der Waals surface area contributed by atoms with Crippen LogP contribution in [0.15, 0.2) is 22.9 Å². The molecule has 2 heterocycles. The molecule has 1 atom stereocenters. The SMILES string of the molecule is Clc1ncnc2cc(O[C@H]3CCOC3)c(Br)cc12. The Hall–Kier alpha value is -0.910. The van der Waals surface area contributed by atoms with E-state index >= 15 is 0 Å². The zero-order chi connectivity index (χ0) is 12.5. The maximum Gasteiger partial charge on any atom is 0.140 e. The van der Waals surface area contributed by atoms with Gasteiger partial charge in [0.15, 0.2) is 0 Å². The van der Waals surface area contributed by atoms with Crippen LogP contribution in [0.2, 0.25) is 5.15 Å². The average Bonchev–Trinajstić information content (AvgIpc) is 2.84. The van der Waals surface area contributed by atoms with Gasteiger partial charge in [-0.05, 0) is 22.0 Å². The Bertz CT molecular complexity index is 588. The molecule has 1 fully saturated rings. The molecule has 1 aliphatic heterocycles. The predicted octanol–water partition coefficient (Wildman–Crippen LogP) is 3.21. The van der Waals surface area contributed by atoms with Crippen molar-refractivity contribution in [3.63, 3.8) is 0 Å². The van der Waals surface area contributed by atoms with Crippen LogP contribution in [-0.4, -0.2) is 29.3 Å². The Morgan fingerprint density at radius 2 is 2.28 bits per heavy atom. The minimum absolute atomic E-state index is 0.107. The fraction of sp³-hybridized carbons (Fsp3) is 0.333. The first-order chi connectivity index (χ1) is 8.74. The van der Waals surface area contributed by atoms with Crippen LogP contribution in [0.25, 0.3) is 10.9 Å². The molecule has 3 rings (SSSR count). The summed E-state index contributed by atoms with van der Waals surface area (Å²) in [6.07, 6.45) is 2.46. The standard InChI is InChI=1S/C12H10BrClN2O2/c13-9-3-8-10(15-6-16-12(8)14)4-11(9)18-7-1-2-17-5-7/h3-4,6-7H,1-2,5H2/t7-/m0/s1. The third kappa shape index (κ3) is 2.30. The van der Waals surface area contributed by atoms with E-state index in [-0.39, 0.29) is 6.10 Å². The van der Waals surface area contributed by atoms with Crippen molar-refractivity contribution in [2.75, 3.05) is 13.2 Å². The second-order valence-electron chi connectivity index (χ2n) is 4.07. The first-order valence-corrected chi connectivity index (χ1v) is 6.75. The van der Waals surface area contributed by atoms with Gasteiger partial charge >= 0.3 is 0 Å². The van der Waals surface area contributed by atoms with Crippen molar-refractivity contribution in [3.05, 3.63) is 28.1 Å². The summed E-state index contributed by atoms with van der Waals surface area (Å²) in [5, 5.41) is 1.25. The summed E-state index contributed by atoms with van der Waals surface area (Å²) in [4.78, 5) is 8.14. The van der Waals surface area contributed by atoms with Crippen LogP contribution < -0.4 is 4.74 Å². The third-order valence-corrected chi connectivity index (χ3v) is 3.74. The van der Waals surface area contributed by atoms with Gasteiger partial charge in [-0.1, -0.05) is 11.6 Å². The number of aromatic nitrogens is 2. The molecule has 0 aliphatic carbocycles.